The molecule has 1 aromatic carbocycles. The monoisotopic (exact) mass is 317 g/mol. The van der Waals surface area contributed by atoms with Crippen LogP contribution in [0.2, 0.25) is 0 Å². The van der Waals surface area contributed by atoms with Crippen LogP contribution in [0.15, 0.2) is 45.7 Å². The van der Waals surface area contributed by atoms with Gasteiger partial charge in [0.05, 0.1) is 6.04 Å². The highest BCUT2D eigenvalue weighted by Crippen LogP contribution is 2.36. The van der Waals surface area contributed by atoms with Crippen LogP contribution in [-0.2, 0) is 4.79 Å². The Kier molecular flexibility index (Phi) is 4.34. The summed E-state index contributed by atoms with van der Waals surface area (Å²) in [4.78, 5) is 13.1. The van der Waals surface area contributed by atoms with Gasteiger partial charge in [-0.2, -0.15) is 0 Å². The summed E-state index contributed by atoms with van der Waals surface area (Å²) < 4.78 is 18.8. The van der Waals surface area contributed by atoms with E-state index >= 15 is 0 Å². The highest BCUT2D eigenvalue weighted by molar-refractivity contribution is 7.99. The highest BCUT2D eigenvalue weighted by Gasteiger charge is 2.22. The quantitative estimate of drug-likeness (QED) is 0.867. The lowest BCUT2D eigenvalue weighted by atomic mass is 10.0. The summed E-state index contributed by atoms with van der Waals surface area (Å²) in [5.74, 6) is 1.86. The second-order valence-electron chi connectivity index (χ2n) is 5.16. The van der Waals surface area contributed by atoms with Crippen LogP contribution < -0.4 is 5.32 Å². The van der Waals surface area contributed by atoms with Crippen molar-refractivity contribution in [2.24, 2.45) is 0 Å². The molecule has 3 nitrogen and oxygen atoms in total. The van der Waals surface area contributed by atoms with Crippen molar-refractivity contribution >= 4 is 23.7 Å². The van der Waals surface area contributed by atoms with Crippen molar-refractivity contribution in [3.8, 4) is 0 Å². The molecule has 0 bridgehead atoms. The van der Waals surface area contributed by atoms with Crippen LogP contribution in [0.5, 0.6) is 0 Å². The maximum atomic E-state index is 13.4. The molecule has 2 heterocycles. The van der Waals surface area contributed by atoms with Crippen molar-refractivity contribution in [3.05, 3.63) is 59.3 Å². The van der Waals surface area contributed by atoms with E-state index in [0.29, 0.717) is 5.76 Å². The van der Waals surface area contributed by atoms with Crippen molar-refractivity contribution in [1.29, 1.82) is 0 Å². The molecule has 1 N–H and O–H groups in total. The number of rotatable bonds is 3. The topological polar surface area (TPSA) is 42.2 Å². The van der Waals surface area contributed by atoms with Crippen LogP contribution in [-0.4, -0.2) is 11.7 Å². The standard InChI is InChI=1S/C17H16FNO2S/c1-11-2-4-13(21-11)5-7-17(20)19-15-8-9-22-16-6-3-12(18)10-14(15)16/h2-7,10,15H,8-9H2,1H3,(H,19,20)/b7-5+. The number of halogens is 1. The van der Waals surface area contributed by atoms with E-state index in [2.05, 4.69) is 5.32 Å². The first-order valence-corrected chi connectivity index (χ1v) is 8.07. The maximum absolute atomic E-state index is 13.4. The van der Waals surface area contributed by atoms with E-state index in [1.54, 1.807) is 30.0 Å². The Bertz CT molecular complexity index is 723. The predicted molar refractivity (Wildman–Crippen MR) is 85.1 cm³/mol. The van der Waals surface area contributed by atoms with E-state index < -0.39 is 0 Å². The fourth-order valence-corrected chi connectivity index (χ4v) is 3.54. The first kappa shape index (κ1) is 14.9. The molecule has 1 unspecified atom stereocenters. The lowest BCUT2D eigenvalue weighted by Gasteiger charge is -2.25. The average molecular weight is 317 g/mol. The number of furan rings is 1. The van der Waals surface area contributed by atoms with Crippen LogP contribution in [0, 0.1) is 12.7 Å². The van der Waals surface area contributed by atoms with Crippen molar-refractivity contribution in [1.82, 2.24) is 5.32 Å². The molecule has 1 aromatic heterocycles. The van der Waals surface area contributed by atoms with Gasteiger partial charge in [-0.25, -0.2) is 4.39 Å². The SMILES string of the molecule is Cc1ccc(/C=C/C(=O)NC2CCSc3ccc(F)cc32)o1. The predicted octanol–water partition coefficient (Wildman–Crippen LogP) is 4.09. The van der Waals surface area contributed by atoms with Crippen molar-refractivity contribution in [3.63, 3.8) is 0 Å². The van der Waals surface area contributed by atoms with Gasteiger partial charge in [-0.1, -0.05) is 0 Å². The molecule has 0 saturated heterocycles. The van der Waals surface area contributed by atoms with Gasteiger partial charge in [0.25, 0.3) is 0 Å². The second kappa shape index (κ2) is 6.40. The molecule has 1 aliphatic heterocycles. The third-order valence-corrected chi connectivity index (χ3v) is 4.61. The number of hydrogen-bond donors (Lipinski definition) is 1. The molecule has 22 heavy (non-hydrogen) atoms. The number of fused-ring (bicyclic) bond motifs is 1. The van der Waals surface area contributed by atoms with Crippen LogP contribution in [0.4, 0.5) is 4.39 Å². The minimum absolute atomic E-state index is 0.151. The molecule has 0 saturated carbocycles. The molecule has 114 valence electrons. The average Bonchev–Trinajstić information content (AvgIpc) is 2.91. The number of carbonyl (C=O) groups excluding carboxylic acids is 1. The normalized spacial score (nSPS) is 17.5. The Morgan fingerprint density at radius 3 is 3.05 bits per heavy atom. The Hall–Kier alpha value is -2.01. The van der Waals surface area contributed by atoms with Gasteiger partial charge in [-0.15, -0.1) is 11.8 Å². The van der Waals surface area contributed by atoms with Crippen molar-refractivity contribution in [2.45, 2.75) is 24.3 Å². The van der Waals surface area contributed by atoms with Gasteiger partial charge in [-0.3, -0.25) is 4.79 Å². The number of hydrogen-bond acceptors (Lipinski definition) is 3. The van der Waals surface area contributed by atoms with E-state index in [4.69, 9.17) is 4.42 Å². The molecule has 0 spiro atoms. The summed E-state index contributed by atoms with van der Waals surface area (Å²) in [6.07, 6.45) is 3.87. The molecule has 0 fully saturated rings. The molecule has 1 amide bonds. The Morgan fingerprint density at radius 1 is 1.41 bits per heavy atom. The smallest absolute Gasteiger partial charge is 0.244 e. The van der Waals surface area contributed by atoms with E-state index in [1.165, 1.54) is 18.2 Å². The molecule has 2 aromatic rings. The van der Waals surface area contributed by atoms with Crippen molar-refractivity contribution in [2.75, 3.05) is 5.75 Å². The molecular weight excluding hydrogens is 301 g/mol. The van der Waals surface area contributed by atoms with Gasteiger partial charge < -0.3 is 9.73 Å². The number of aryl methyl sites for hydroxylation is 1. The van der Waals surface area contributed by atoms with Crippen LogP contribution in [0.3, 0.4) is 0 Å². The number of amides is 1. The number of thioether (sulfide) groups is 1. The third-order valence-electron chi connectivity index (χ3n) is 3.49. The van der Waals surface area contributed by atoms with Gasteiger partial charge in [0, 0.05) is 16.7 Å². The summed E-state index contributed by atoms with van der Waals surface area (Å²) in [7, 11) is 0. The number of carbonyl (C=O) groups is 1. The largest absolute Gasteiger partial charge is 0.462 e. The minimum atomic E-state index is -0.276. The Balaban J connectivity index is 1.70. The summed E-state index contributed by atoms with van der Waals surface area (Å²) >= 11 is 1.69. The zero-order valence-corrected chi connectivity index (χ0v) is 13.0. The summed E-state index contributed by atoms with van der Waals surface area (Å²) in [5, 5.41) is 2.93. The lowest BCUT2D eigenvalue weighted by Crippen LogP contribution is -2.29. The Labute approximate surface area is 132 Å². The fraction of sp³-hybridized carbons (Fsp3) is 0.235. The Morgan fingerprint density at radius 2 is 2.27 bits per heavy atom. The maximum Gasteiger partial charge on any atom is 0.244 e. The molecule has 5 heteroatoms. The summed E-state index contributed by atoms with van der Waals surface area (Å²) in [6.45, 7) is 1.85. The molecule has 0 radical (unpaired) electrons. The molecule has 0 aliphatic carbocycles. The first-order valence-electron chi connectivity index (χ1n) is 7.09. The summed E-state index contributed by atoms with van der Waals surface area (Å²) in [6, 6.07) is 8.23. The lowest BCUT2D eigenvalue weighted by molar-refractivity contribution is -0.117. The van der Waals surface area contributed by atoms with Gasteiger partial charge in [0.1, 0.15) is 17.3 Å². The highest BCUT2D eigenvalue weighted by atomic mass is 32.2. The van der Waals surface area contributed by atoms with Gasteiger partial charge in [0.15, 0.2) is 0 Å². The van der Waals surface area contributed by atoms with E-state index in [9.17, 15) is 9.18 Å². The minimum Gasteiger partial charge on any atom is -0.462 e. The van der Waals surface area contributed by atoms with Crippen molar-refractivity contribution < 1.29 is 13.6 Å². The molecule has 1 aliphatic rings. The van der Waals surface area contributed by atoms with E-state index in [-0.39, 0.29) is 17.8 Å². The molecule has 3 rings (SSSR count). The van der Waals surface area contributed by atoms with E-state index in [0.717, 1.165) is 28.4 Å². The van der Waals surface area contributed by atoms with Gasteiger partial charge >= 0.3 is 0 Å². The van der Waals surface area contributed by atoms with Crippen LogP contribution in [0.25, 0.3) is 6.08 Å². The third kappa shape index (κ3) is 3.42. The van der Waals surface area contributed by atoms with Gasteiger partial charge in [-0.05, 0) is 55.3 Å². The molecular formula is C17H16FNO2S. The van der Waals surface area contributed by atoms with Gasteiger partial charge in [0.2, 0.25) is 5.91 Å². The number of nitrogens with one attached hydrogen (secondary N) is 1. The second-order valence-corrected chi connectivity index (χ2v) is 6.30. The fourth-order valence-electron chi connectivity index (χ4n) is 2.44. The zero-order valence-electron chi connectivity index (χ0n) is 12.1. The number of benzene rings is 1. The van der Waals surface area contributed by atoms with E-state index in [1.807, 2.05) is 13.0 Å². The molecule has 1 atom stereocenters. The van der Waals surface area contributed by atoms with Crippen LogP contribution in [0.1, 0.15) is 29.5 Å². The zero-order chi connectivity index (χ0) is 15.5. The summed E-state index contributed by atoms with van der Waals surface area (Å²) in [5.41, 5.74) is 0.854. The first-order chi connectivity index (χ1) is 10.6. The van der Waals surface area contributed by atoms with Crippen LogP contribution >= 0.6 is 11.8 Å².